The van der Waals surface area contributed by atoms with E-state index in [0.29, 0.717) is 6.54 Å². The third kappa shape index (κ3) is 1.96. The molecule has 1 aromatic carbocycles. The Morgan fingerprint density at radius 3 is 2.50 bits per heavy atom. The molecule has 0 aromatic heterocycles. The van der Waals surface area contributed by atoms with Gasteiger partial charge in [0.15, 0.2) is 0 Å². The maximum Gasteiger partial charge on any atom is 0.224 e. The Morgan fingerprint density at radius 1 is 1.20 bits per heavy atom. The minimum Gasteiger partial charge on any atom is -0.352 e. The summed E-state index contributed by atoms with van der Waals surface area (Å²) in [5.41, 5.74) is 4.16. The van der Waals surface area contributed by atoms with Crippen LogP contribution in [-0.4, -0.2) is 5.91 Å². The van der Waals surface area contributed by atoms with Gasteiger partial charge < -0.3 is 10.6 Å². The van der Waals surface area contributed by atoms with Crippen LogP contribution in [0.3, 0.4) is 0 Å². The Bertz CT molecular complexity index is 546. The van der Waals surface area contributed by atoms with Gasteiger partial charge in [0.2, 0.25) is 5.91 Å². The molecule has 1 aliphatic carbocycles. The molecule has 0 unspecified atom stereocenters. The zero-order chi connectivity index (χ0) is 14.5. The molecule has 0 bridgehead atoms. The number of carbonyl (C=O) groups excluding carboxylic acids is 1. The maximum atomic E-state index is 12.3. The van der Waals surface area contributed by atoms with E-state index in [2.05, 4.69) is 56.5 Å². The van der Waals surface area contributed by atoms with Gasteiger partial charge in [-0.25, -0.2) is 0 Å². The molecule has 1 aromatic rings. The highest BCUT2D eigenvalue weighted by Crippen LogP contribution is 2.68. The van der Waals surface area contributed by atoms with Crippen molar-refractivity contribution >= 4 is 5.91 Å². The number of nitrogens with one attached hydrogen (secondary N) is 2. The zero-order valence-corrected chi connectivity index (χ0v) is 12.8. The first-order valence-electron chi connectivity index (χ1n) is 7.43. The quantitative estimate of drug-likeness (QED) is 0.888. The molecule has 1 saturated carbocycles. The minimum absolute atomic E-state index is 0.110. The monoisotopic (exact) mass is 272 g/mol. The van der Waals surface area contributed by atoms with Crippen LogP contribution in [0.2, 0.25) is 0 Å². The normalized spacial score (nSPS) is 22.4. The van der Waals surface area contributed by atoms with E-state index in [1.165, 1.54) is 16.7 Å². The molecule has 3 heteroatoms. The fourth-order valence-corrected chi connectivity index (χ4v) is 3.60. The molecule has 1 heterocycles. The molecule has 108 valence electrons. The number of carbonyl (C=O) groups is 1. The van der Waals surface area contributed by atoms with Gasteiger partial charge >= 0.3 is 0 Å². The highest BCUT2D eigenvalue weighted by atomic mass is 16.2. The minimum atomic E-state index is 0.110. The number of hydrogen-bond acceptors (Lipinski definition) is 2. The van der Waals surface area contributed by atoms with E-state index in [0.717, 1.165) is 13.1 Å². The second-order valence-corrected chi connectivity index (χ2v) is 7.30. The van der Waals surface area contributed by atoms with Gasteiger partial charge in [-0.2, -0.15) is 0 Å². The predicted octanol–water partition coefficient (Wildman–Crippen LogP) is 2.59. The van der Waals surface area contributed by atoms with Crippen LogP contribution in [0.4, 0.5) is 0 Å². The van der Waals surface area contributed by atoms with Crippen molar-refractivity contribution in [3.05, 3.63) is 34.9 Å². The van der Waals surface area contributed by atoms with Crippen molar-refractivity contribution in [1.82, 2.24) is 10.6 Å². The summed E-state index contributed by atoms with van der Waals surface area (Å²) in [6, 6.07) is 6.50. The van der Waals surface area contributed by atoms with Gasteiger partial charge in [0.25, 0.3) is 0 Å². The molecule has 2 N–H and O–H groups in total. The lowest BCUT2D eigenvalue weighted by molar-refractivity contribution is -0.123. The molecule has 0 radical (unpaired) electrons. The maximum absolute atomic E-state index is 12.3. The highest BCUT2D eigenvalue weighted by molar-refractivity contribution is 5.84. The van der Waals surface area contributed by atoms with Crippen LogP contribution in [0.15, 0.2) is 18.2 Å². The molecule has 3 rings (SSSR count). The Hall–Kier alpha value is -1.35. The van der Waals surface area contributed by atoms with E-state index < -0.39 is 0 Å². The number of fused-ring (bicyclic) bond motifs is 1. The molecule has 2 aliphatic rings. The van der Waals surface area contributed by atoms with Crippen LogP contribution in [0, 0.1) is 16.7 Å². The molecule has 1 fully saturated rings. The molecule has 1 aliphatic heterocycles. The Kier molecular flexibility index (Phi) is 2.94. The van der Waals surface area contributed by atoms with E-state index in [1.807, 2.05) is 0 Å². The molecule has 3 nitrogen and oxygen atoms in total. The van der Waals surface area contributed by atoms with Crippen LogP contribution in [0.25, 0.3) is 0 Å². The number of hydrogen-bond donors (Lipinski definition) is 2. The average molecular weight is 272 g/mol. The molecular formula is C17H24N2O. The van der Waals surface area contributed by atoms with Crippen LogP contribution >= 0.6 is 0 Å². The SMILES string of the molecule is CC1(C)C(C(=O)NCc2ccc3c(c2)CNC3)C1(C)C. The van der Waals surface area contributed by atoms with Crippen LogP contribution < -0.4 is 10.6 Å². The van der Waals surface area contributed by atoms with Gasteiger partial charge in [0.05, 0.1) is 0 Å². The third-order valence-corrected chi connectivity index (χ3v) is 5.65. The summed E-state index contributed by atoms with van der Waals surface area (Å²) in [5.74, 6) is 0.324. The second kappa shape index (κ2) is 4.32. The van der Waals surface area contributed by atoms with Crippen molar-refractivity contribution in [1.29, 1.82) is 0 Å². The largest absolute Gasteiger partial charge is 0.352 e. The average Bonchev–Trinajstić information content (AvgIpc) is 2.71. The smallest absolute Gasteiger partial charge is 0.224 e. The lowest BCUT2D eigenvalue weighted by Crippen LogP contribution is -2.26. The first-order valence-corrected chi connectivity index (χ1v) is 7.43. The van der Waals surface area contributed by atoms with Gasteiger partial charge in [-0.3, -0.25) is 4.79 Å². The summed E-state index contributed by atoms with van der Waals surface area (Å²) in [6.07, 6.45) is 0. The molecule has 0 saturated heterocycles. The van der Waals surface area contributed by atoms with E-state index >= 15 is 0 Å². The van der Waals surface area contributed by atoms with Crippen molar-refractivity contribution in [3.8, 4) is 0 Å². The Labute approximate surface area is 121 Å². The van der Waals surface area contributed by atoms with Crippen LogP contribution in [-0.2, 0) is 24.4 Å². The van der Waals surface area contributed by atoms with Crippen molar-refractivity contribution in [2.24, 2.45) is 16.7 Å². The fraction of sp³-hybridized carbons (Fsp3) is 0.588. The number of benzene rings is 1. The molecule has 20 heavy (non-hydrogen) atoms. The van der Waals surface area contributed by atoms with Crippen LogP contribution in [0.5, 0.6) is 0 Å². The zero-order valence-electron chi connectivity index (χ0n) is 12.8. The predicted molar refractivity (Wildman–Crippen MR) is 79.9 cm³/mol. The van der Waals surface area contributed by atoms with Gasteiger partial charge in [-0.05, 0) is 27.5 Å². The molecule has 0 atom stereocenters. The first kappa shape index (κ1) is 13.6. The highest BCUT2D eigenvalue weighted by Gasteiger charge is 2.68. The van der Waals surface area contributed by atoms with Gasteiger partial charge in [-0.15, -0.1) is 0 Å². The van der Waals surface area contributed by atoms with Gasteiger partial charge in [0, 0.05) is 25.6 Å². The van der Waals surface area contributed by atoms with E-state index in [9.17, 15) is 4.79 Å². The summed E-state index contributed by atoms with van der Waals surface area (Å²) in [5, 5.41) is 6.45. The summed E-state index contributed by atoms with van der Waals surface area (Å²) in [7, 11) is 0. The summed E-state index contributed by atoms with van der Waals surface area (Å²) in [4.78, 5) is 12.3. The van der Waals surface area contributed by atoms with Crippen molar-refractivity contribution in [3.63, 3.8) is 0 Å². The third-order valence-electron chi connectivity index (χ3n) is 5.65. The van der Waals surface area contributed by atoms with Crippen molar-refractivity contribution in [2.75, 3.05) is 0 Å². The summed E-state index contributed by atoms with van der Waals surface area (Å²) in [6.45, 7) is 11.3. The summed E-state index contributed by atoms with van der Waals surface area (Å²) < 4.78 is 0. The molecule has 0 spiro atoms. The Morgan fingerprint density at radius 2 is 1.85 bits per heavy atom. The lowest BCUT2D eigenvalue weighted by Gasteiger charge is -2.08. The number of rotatable bonds is 3. The van der Waals surface area contributed by atoms with Crippen LogP contribution in [0.1, 0.15) is 44.4 Å². The second-order valence-electron chi connectivity index (χ2n) is 7.30. The standard InChI is InChI=1S/C17H24N2O/c1-16(2)14(17(16,3)4)15(20)19-8-11-5-6-12-9-18-10-13(12)7-11/h5-7,14,18H,8-10H2,1-4H3,(H,19,20). The van der Waals surface area contributed by atoms with Gasteiger partial charge in [0.1, 0.15) is 0 Å². The summed E-state index contributed by atoms with van der Waals surface area (Å²) >= 11 is 0. The van der Waals surface area contributed by atoms with Crippen molar-refractivity contribution in [2.45, 2.75) is 47.3 Å². The first-order chi connectivity index (χ1) is 9.34. The van der Waals surface area contributed by atoms with E-state index in [-0.39, 0.29) is 22.7 Å². The topological polar surface area (TPSA) is 41.1 Å². The van der Waals surface area contributed by atoms with E-state index in [1.54, 1.807) is 0 Å². The number of amides is 1. The molecular weight excluding hydrogens is 248 g/mol. The molecule has 1 amide bonds. The van der Waals surface area contributed by atoms with Gasteiger partial charge in [-0.1, -0.05) is 45.9 Å². The van der Waals surface area contributed by atoms with E-state index in [4.69, 9.17) is 0 Å². The fourth-order valence-electron chi connectivity index (χ4n) is 3.60. The van der Waals surface area contributed by atoms with Crippen molar-refractivity contribution < 1.29 is 4.79 Å². The lowest BCUT2D eigenvalue weighted by atomic mass is 10.0. The Balaban J connectivity index is 1.62.